The largest absolute Gasteiger partial charge is 0.480 e. The van der Waals surface area contributed by atoms with Crippen molar-refractivity contribution in [2.45, 2.75) is 39.2 Å². The Bertz CT molecular complexity index is 430. The summed E-state index contributed by atoms with van der Waals surface area (Å²) in [5.74, 6) is 0.640. The number of aliphatic carboxylic acids is 1. The Morgan fingerprint density at radius 1 is 1.53 bits per heavy atom. The van der Waals surface area contributed by atoms with E-state index in [9.17, 15) is 4.79 Å². The number of carboxylic acid groups (broad SMARTS) is 1. The molecule has 17 heavy (non-hydrogen) atoms. The van der Waals surface area contributed by atoms with Crippen LogP contribution in [0.1, 0.15) is 31.3 Å². The molecule has 0 atom stereocenters. The first kappa shape index (κ1) is 11.8. The SMILES string of the molecule is CCc1cc(N(CC(=O)O)C2CC2)nc(C)n1. The molecule has 1 aliphatic carbocycles. The zero-order valence-electron chi connectivity index (χ0n) is 10.2. The average Bonchev–Trinajstić information content (AvgIpc) is 3.08. The smallest absolute Gasteiger partial charge is 0.323 e. The molecule has 0 aliphatic heterocycles. The molecule has 5 heteroatoms. The number of anilines is 1. The minimum absolute atomic E-state index is 0.0181. The molecular weight excluding hydrogens is 218 g/mol. The molecule has 0 aromatic carbocycles. The van der Waals surface area contributed by atoms with Gasteiger partial charge in [-0.2, -0.15) is 0 Å². The van der Waals surface area contributed by atoms with Crippen LogP contribution in [0.25, 0.3) is 0 Å². The maximum atomic E-state index is 10.9. The van der Waals surface area contributed by atoms with E-state index in [1.807, 2.05) is 24.8 Å². The molecule has 0 saturated heterocycles. The van der Waals surface area contributed by atoms with Gasteiger partial charge in [-0.3, -0.25) is 4.79 Å². The third kappa shape index (κ3) is 2.93. The van der Waals surface area contributed by atoms with Crippen molar-refractivity contribution in [3.05, 3.63) is 17.6 Å². The Morgan fingerprint density at radius 2 is 2.24 bits per heavy atom. The van der Waals surface area contributed by atoms with E-state index in [2.05, 4.69) is 9.97 Å². The van der Waals surface area contributed by atoms with E-state index in [1.165, 1.54) is 0 Å². The van der Waals surface area contributed by atoms with Crippen molar-refractivity contribution in [3.8, 4) is 0 Å². The Kier molecular flexibility index (Phi) is 3.26. The third-order valence-corrected chi connectivity index (χ3v) is 2.83. The van der Waals surface area contributed by atoms with Gasteiger partial charge in [0, 0.05) is 17.8 Å². The summed E-state index contributed by atoms with van der Waals surface area (Å²) in [6.07, 6.45) is 2.94. The van der Waals surface area contributed by atoms with E-state index in [0.29, 0.717) is 11.9 Å². The van der Waals surface area contributed by atoms with Gasteiger partial charge in [0.15, 0.2) is 0 Å². The topological polar surface area (TPSA) is 66.3 Å². The highest BCUT2D eigenvalue weighted by molar-refractivity contribution is 5.73. The lowest BCUT2D eigenvalue weighted by Gasteiger charge is -2.21. The number of carbonyl (C=O) groups is 1. The van der Waals surface area contributed by atoms with Gasteiger partial charge in [0.2, 0.25) is 0 Å². The third-order valence-electron chi connectivity index (χ3n) is 2.83. The van der Waals surface area contributed by atoms with Gasteiger partial charge in [-0.25, -0.2) is 9.97 Å². The first-order valence-electron chi connectivity index (χ1n) is 5.93. The predicted octanol–water partition coefficient (Wildman–Crippen LogP) is 1.40. The number of nitrogens with zero attached hydrogens (tertiary/aromatic N) is 3. The monoisotopic (exact) mass is 235 g/mol. The van der Waals surface area contributed by atoms with Crippen LogP contribution in [0.3, 0.4) is 0 Å². The van der Waals surface area contributed by atoms with Crippen LogP contribution in [-0.4, -0.2) is 33.6 Å². The van der Waals surface area contributed by atoms with Crippen LogP contribution in [0.4, 0.5) is 5.82 Å². The van der Waals surface area contributed by atoms with Crippen LogP contribution in [0.15, 0.2) is 6.07 Å². The van der Waals surface area contributed by atoms with Crippen molar-refractivity contribution in [1.29, 1.82) is 0 Å². The number of hydrogen-bond acceptors (Lipinski definition) is 4. The van der Waals surface area contributed by atoms with Gasteiger partial charge in [0.25, 0.3) is 0 Å². The van der Waals surface area contributed by atoms with Gasteiger partial charge in [-0.15, -0.1) is 0 Å². The fourth-order valence-corrected chi connectivity index (χ4v) is 1.87. The molecule has 0 spiro atoms. The van der Waals surface area contributed by atoms with E-state index in [0.717, 1.165) is 30.8 Å². The van der Waals surface area contributed by atoms with Gasteiger partial charge in [-0.1, -0.05) is 6.92 Å². The lowest BCUT2D eigenvalue weighted by Crippen LogP contribution is -2.32. The van der Waals surface area contributed by atoms with E-state index in [1.54, 1.807) is 0 Å². The summed E-state index contributed by atoms with van der Waals surface area (Å²) in [5, 5.41) is 8.93. The summed E-state index contributed by atoms with van der Waals surface area (Å²) in [7, 11) is 0. The average molecular weight is 235 g/mol. The fraction of sp³-hybridized carbons (Fsp3) is 0.583. The molecule has 1 N–H and O–H groups in total. The molecule has 1 aliphatic rings. The number of rotatable bonds is 5. The van der Waals surface area contributed by atoms with Crippen LogP contribution in [0.5, 0.6) is 0 Å². The van der Waals surface area contributed by atoms with Crippen molar-refractivity contribution >= 4 is 11.8 Å². The predicted molar refractivity (Wildman–Crippen MR) is 64.2 cm³/mol. The van der Waals surface area contributed by atoms with E-state index >= 15 is 0 Å². The van der Waals surface area contributed by atoms with Crippen LogP contribution >= 0.6 is 0 Å². The molecule has 1 fully saturated rings. The summed E-state index contributed by atoms with van der Waals surface area (Å²) in [5.41, 5.74) is 0.962. The van der Waals surface area contributed by atoms with Crippen molar-refractivity contribution in [1.82, 2.24) is 9.97 Å². The Morgan fingerprint density at radius 3 is 2.76 bits per heavy atom. The summed E-state index contributed by atoms with van der Waals surface area (Å²) >= 11 is 0. The first-order chi connectivity index (χ1) is 8.10. The van der Waals surface area contributed by atoms with Crippen LogP contribution in [-0.2, 0) is 11.2 Å². The lowest BCUT2D eigenvalue weighted by atomic mass is 10.3. The molecular formula is C12H17N3O2. The lowest BCUT2D eigenvalue weighted by molar-refractivity contribution is -0.135. The van der Waals surface area contributed by atoms with Crippen molar-refractivity contribution < 1.29 is 9.90 Å². The summed E-state index contributed by atoms with van der Waals surface area (Å²) in [4.78, 5) is 21.4. The van der Waals surface area contributed by atoms with Crippen LogP contribution in [0.2, 0.25) is 0 Å². The molecule has 1 heterocycles. The molecule has 5 nitrogen and oxygen atoms in total. The standard InChI is InChI=1S/C12H17N3O2/c1-3-9-6-11(14-8(2)13-9)15(7-12(16)17)10-4-5-10/h6,10H,3-5,7H2,1-2H3,(H,16,17). The van der Waals surface area contributed by atoms with Crippen LogP contribution in [0, 0.1) is 6.92 Å². The molecule has 0 unspecified atom stereocenters. The van der Waals surface area contributed by atoms with Crippen molar-refractivity contribution in [2.75, 3.05) is 11.4 Å². The maximum absolute atomic E-state index is 10.9. The Labute approximate surface area is 100 Å². The zero-order chi connectivity index (χ0) is 12.4. The van der Waals surface area contributed by atoms with E-state index < -0.39 is 5.97 Å². The summed E-state index contributed by atoms with van der Waals surface area (Å²) in [6, 6.07) is 2.24. The number of hydrogen-bond donors (Lipinski definition) is 1. The second-order valence-corrected chi connectivity index (χ2v) is 4.37. The molecule has 1 aromatic rings. The summed E-state index contributed by atoms with van der Waals surface area (Å²) in [6.45, 7) is 3.89. The Balaban J connectivity index is 2.28. The molecule has 0 amide bonds. The fourth-order valence-electron chi connectivity index (χ4n) is 1.87. The number of aryl methyl sites for hydroxylation is 2. The second-order valence-electron chi connectivity index (χ2n) is 4.37. The first-order valence-corrected chi connectivity index (χ1v) is 5.93. The summed E-state index contributed by atoms with van der Waals surface area (Å²) < 4.78 is 0. The van der Waals surface area contributed by atoms with Crippen LogP contribution < -0.4 is 4.90 Å². The highest BCUT2D eigenvalue weighted by atomic mass is 16.4. The van der Waals surface area contributed by atoms with Gasteiger partial charge in [-0.05, 0) is 26.2 Å². The maximum Gasteiger partial charge on any atom is 0.323 e. The van der Waals surface area contributed by atoms with Gasteiger partial charge in [0.05, 0.1) is 0 Å². The highest BCUT2D eigenvalue weighted by Gasteiger charge is 2.31. The van der Waals surface area contributed by atoms with Gasteiger partial charge < -0.3 is 10.0 Å². The highest BCUT2D eigenvalue weighted by Crippen LogP contribution is 2.30. The van der Waals surface area contributed by atoms with Gasteiger partial charge >= 0.3 is 5.97 Å². The zero-order valence-corrected chi connectivity index (χ0v) is 10.2. The van der Waals surface area contributed by atoms with E-state index in [4.69, 9.17) is 5.11 Å². The Hall–Kier alpha value is -1.65. The molecule has 92 valence electrons. The minimum atomic E-state index is -0.814. The molecule has 1 aromatic heterocycles. The van der Waals surface area contributed by atoms with E-state index in [-0.39, 0.29) is 6.54 Å². The number of aromatic nitrogens is 2. The second kappa shape index (κ2) is 4.69. The quantitative estimate of drug-likeness (QED) is 0.835. The number of carboxylic acids is 1. The molecule has 1 saturated carbocycles. The molecule has 0 bridgehead atoms. The minimum Gasteiger partial charge on any atom is -0.480 e. The normalized spacial score (nSPS) is 14.7. The van der Waals surface area contributed by atoms with Gasteiger partial charge in [0.1, 0.15) is 18.2 Å². The molecule has 2 rings (SSSR count). The van der Waals surface area contributed by atoms with Crippen molar-refractivity contribution in [2.24, 2.45) is 0 Å². The molecule has 0 radical (unpaired) electrons. The van der Waals surface area contributed by atoms with Crippen molar-refractivity contribution in [3.63, 3.8) is 0 Å².